The van der Waals surface area contributed by atoms with E-state index in [0.29, 0.717) is 6.04 Å². The van der Waals surface area contributed by atoms with Gasteiger partial charge in [0.15, 0.2) is 0 Å². The van der Waals surface area contributed by atoms with Gasteiger partial charge in [-0.1, -0.05) is 32.3 Å². The fourth-order valence-electron chi connectivity index (χ4n) is 3.16. The lowest BCUT2D eigenvalue weighted by atomic mass is 9.78. The lowest BCUT2D eigenvalue weighted by molar-refractivity contribution is -0.0902. The van der Waals surface area contributed by atoms with Crippen LogP contribution in [0.2, 0.25) is 0 Å². The molecule has 1 aromatic rings. The summed E-state index contributed by atoms with van der Waals surface area (Å²) in [4.78, 5) is 1.42. The van der Waals surface area contributed by atoms with Gasteiger partial charge in [-0.05, 0) is 37.8 Å². The Balaban J connectivity index is 2.24. The van der Waals surface area contributed by atoms with E-state index in [9.17, 15) is 0 Å². The lowest BCUT2D eigenvalue weighted by Crippen LogP contribution is -2.47. The van der Waals surface area contributed by atoms with Crippen molar-refractivity contribution < 1.29 is 4.74 Å². The summed E-state index contributed by atoms with van der Waals surface area (Å²) in [6.45, 7) is 6.11. The van der Waals surface area contributed by atoms with Gasteiger partial charge in [0.1, 0.15) is 0 Å². The maximum atomic E-state index is 6.25. The molecule has 0 aromatic carbocycles. The number of ether oxygens (including phenoxy) is 1. The van der Waals surface area contributed by atoms with Crippen LogP contribution in [0.1, 0.15) is 56.9 Å². The number of hydrogen-bond donors (Lipinski definition) is 1. The van der Waals surface area contributed by atoms with Crippen LogP contribution in [0.15, 0.2) is 17.5 Å². The maximum absolute atomic E-state index is 6.25. The Morgan fingerprint density at radius 3 is 2.67 bits per heavy atom. The molecule has 1 heterocycles. The van der Waals surface area contributed by atoms with Crippen LogP contribution in [0, 0.1) is 0 Å². The Labute approximate surface area is 115 Å². The zero-order valence-electron chi connectivity index (χ0n) is 11.6. The minimum Gasteiger partial charge on any atom is -0.373 e. The molecule has 1 atom stereocenters. The summed E-state index contributed by atoms with van der Waals surface area (Å²) in [6, 6.07) is 4.75. The summed E-state index contributed by atoms with van der Waals surface area (Å²) in [5, 5.41) is 5.83. The SMILES string of the molecule is CCNC(c1cccs1)C1(OCC)CCCCC1. The Hall–Kier alpha value is -0.380. The molecule has 0 radical (unpaired) electrons. The largest absolute Gasteiger partial charge is 0.373 e. The third-order valence-electron chi connectivity index (χ3n) is 3.89. The number of rotatable bonds is 6. The molecule has 18 heavy (non-hydrogen) atoms. The highest BCUT2D eigenvalue weighted by Crippen LogP contribution is 2.42. The van der Waals surface area contributed by atoms with Crippen LogP contribution >= 0.6 is 11.3 Å². The predicted molar refractivity (Wildman–Crippen MR) is 78.2 cm³/mol. The van der Waals surface area contributed by atoms with Crippen LogP contribution < -0.4 is 5.32 Å². The molecule has 2 nitrogen and oxygen atoms in total. The highest BCUT2D eigenvalue weighted by Gasteiger charge is 2.41. The van der Waals surface area contributed by atoms with Crippen molar-refractivity contribution in [3.8, 4) is 0 Å². The van der Waals surface area contributed by atoms with Crippen LogP contribution in [0.5, 0.6) is 0 Å². The Kier molecular flexibility index (Phi) is 5.22. The highest BCUT2D eigenvalue weighted by molar-refractivity contribution is 7.10. The molecule has 1 saturated carbocycles. The average molecular weight is 267 g/mol. The molecule has 1 aliphatic carbocycles. The molecule has 2 rings (SSSR count). The molecular weight excluding hydrogens is 242 g/mol. The van der Waals surface area contributed by atoms with Gasteiger partial charge in [-0.3, -0.25) is 0 Å². The fourth-order valence-corrected chi connectivity index (χ4v) is 4.07. The molecule has 1 unspecified atom stereocenters. The van der Waals surface area contributed by atoms with Gasteiger partial charge < -0.3 is 10.1 Å². The van der Waals surface area contributed by atoms with Crippen molar-refractivity contribution in [3.05, 3.63) is 22.4 Å². The third-order valence-corrected chi connectivity index (χ3v) is 4.83. The molecule has 1 aromatic heterocycles. The quantitative estimate of drug-likeness (QED) is 0.836. The monoisotopic (exact) mass is 267 g/mol. The van der Waals surface area contributed by atoms with Crippen LogP contribution in [0.3, 0.4) is 0 Å². The van der Waals surface area contributed by atoms with E-state index in [1.54, 1.807) is 0 Å². The predicted octanol–water partition coefficient (Wildman–Crippen LogP) is 4.14. The minimum absolute atomic E-state index is 0.0217. The third kappa shape index (κ3) is 2.95. The van der Waals surface area contributed by atoms with Gasteiger partial charge in [-0.2, -0.15) is 0 Å². The van der Waals surface area contributed by atoms with Crippen LogP contribution in [-0.2, 0) is 4.74 Å². The molecule has 3 heteroatoms. The number of thiophene rings is 1. The second-order valence-corrected chi connectivity index (χ2v) is 6.04. The van der Waals surface area contributed by atoms with Crippen molar-refractivity contribution in [2.24, 2.45) is 0 Å². The normalized spacial score (nSPS) is 20.8. The zero-order chi connectivity index (χ0) is 12.8. The van der Waals surface area contributed by atoms with E-state index in [1.165, 1.54) is 37.0 Å². The van der Waals surface area contributed by atoms with Crippen LogP contribution in [0.25, 0.3) is 0 Å². The Morgan fingerprint density at radius 1 is 1.33 bits per heavy atom. The second kappa shape index (κ2) is 6.69. The van der Waals surface area contributed by atoms with Crippen LogP contribution in [-0.4, -0.2) is 18.8 Å². The summed E-state index contributed by atoms with van der Waals surface area (Å²) in [5.41, 5.74) is 0.0217. The first kappa shape index (κ1) is 14.0. The summed E-state index contributed by atoms with van der Waals surface area (Å²) in [7, 11) is 0. The van der Waals surface area contributed by atoms with Gasteiger partial charge in [0.2, 0.25) is 0 Å². The van der Waals surface area contributed by atoms with E-state index in [4.69, 9.17) is 4.74 Å². The topological polar surface area (TPSA) is 21.3 Å². The average Bonchev–Trinajstić information content (AvgIpc) is 2.91. The standard InChI is InChI=1S/C15H25NOS/c1-3-16-14(13-9-8-12-18-13)15(17-4-2)10-6-5-7-11-15/h8-9,12,14,16H,3-7,10-11H2,1-2H3. The molecule has 0 bridgehead atoms. The first-order chi connectivity index (χ1) is 8.82. The van der Waals surface area contributed by atoms with E-state index in [-0.39, 0.29) is 5.60 Å². The van der Waals surface area contributed by atoms with Crippen molar-refractivity contribution in [2.45, 2.75) is 57.6 Å². The van der Waals surface area contributed by atoms with Gasteiger partial charge in [-0.25, -0.2) is 0 Å². The number of nitrogens with one attached hydrogen (secondary N) is 1. The van der Waals surface area contributed by atoms with E-state index in [0.717, 1.165) is 13.2 Å². The molecule has 0 spiro atoms. The second-order valence-electron chi connectivity index (χ2n) is 5.06. The van der Waals surface area contributed by atoms with Gasteiger partial charge in [-0.15, -0.1) is 11.3 Å². The summed E-state index contributed by atoms with van der Waals surface area (Å²) >= 11 is 1.85. The van der Waals surface area contributed by atoms with Gasteiger partial charge >= 0.3 is 0 Å². The van der Waals surface area contributed by atoms with Crippen molar-refractivity contribution >= 4 is 11.3 Å². The molecule has 1 aliphatic rings. The van der Waals surface area contributed by atoms with E-state index < -0.39 is 0 Å². The Bertz CT molecular complexity index is 325. The summed E-state index contributed by atoms with van der Waals surface area (Å²) in [6.07, 6.45) is 6.34. The summed E-state index contributed by atoms with van der Waals surface area (Å²) in [5.74, 6) is 0. The molecule has 1 N–H and O–H groups in total. The van der Waals surface area contributed by atoms with Gasteiger partial charge in [0, 0.05) is 11.5 Å². The van der Waals surface area contributed by atoms with Crippen molar-refractivity contribution in [3.63, 3.8) is 0 Å². The highest BCUT2D eigenvalue weighted by atomic mass is 32.1. The lowest BCUT2D eigenvalue weighted by Gasteiger charge is -2.43. The minimum atomic E-state index is 0.0217. The number of hydrogen-bond acceptors (Lipinski definition) is 3. The van der Waals surface area contributed by atoms with Crippen molar-refractivity contribution in [1.29, 1.82) is 0 Å². The first-order valence-electron chi connectivity index (χ1n) is 7.23. The number of likely N-dealkylation sites (N-methyl/N-ethyl adjacent to an activating group) is 1. The van der Waals surface area contributed by atoms with E-state index >= 15 is 0 Å². The molecule has 1 fully saturated rings. The van der Waals surface area contributed by atoms with E-state index in [1.807, 2.05) is 11.3 Å². The maximum Gasteiger partial charge on any atom is 0.0884 e. The molecule has 102 valence electrons. The van der Waals surface area contributed by atoms with Crippen molar-refractivity contribution in [2.75, 3.05) is 13.2 Å². The Morgan fingerprint density at radius 2 is 2.11 bits per heavy atom. The summed E-state index contributed by atoms with van der Waals surface area (Å²) < 4.78 is 6.25. The van der Waals surface area contributed by atoms with Gasteiger partial charge in [0.25, 0.3) is 0 Å². The molecular formula is C15H25NOS. The van der Waals surface area contributed by atoms with E-state index in [2.05, 4.69) is 36.7 Å². The van der Waals surface area contributed by atoms with Crippen molar-refractivity contribution in [1.82, 2.24) is 5.32 Å². The molecule has 0 aliphatic heterocycles. The van der Waals surface area contributed by atoms with Crippen LogP contribution in [0.4, 0.5) is 0 Å². The molecule has 0 saturated heterocycles. The fraction of sp³-hybridized carbons (Fsp3) is 0.733. The smallest absolute Gasteiger partial charge is 0.0884 e. The van der Waals surface area contributed by atoms with Gasteiger partial charge in [0.05, 0.1) is 11.6 Å². The zero-order valence-corrected chi connectivity index (χ0v) is 12.4. The molecule has 0 amide bonds. The first-order valence-corrected chi connectivity index (χ1v) is 8.11.